The van der Waals surface area contributed by atoms with Crippen molar-refractivity contribution < 1.29 is 10.2 Å². The maximum absolute atomic E-state index is 9.32. The zero-order chi connectivity index (χ0) is 13.5. The molecule has 0 amide bonds. The lowest BCUT2D eigenvalue weighted by Crippen LogP contribution is -2.00. The second-order valence-corrected chi connectivity index (χ2v) is 4.87. The number of rotatable bonds is 12. The highest BCUT2D eigenvalue weighted by atomic mass is 16.3. The van der Waals surface area contributed by atoms with Gasteiger partial charge in [0.15, 0.2) is 0 Å². The summed E-state index contributed by atoms with van der Waals surface area (Å²) in [6, 6.07) is 0. The highest BCUT2D eigenvalue weighted by Gasteiger charge is 1.96. The Balaban J connectivity index is 3.18. The molecule has 2 N–H and O–H groups in total. The summed E-state index contributed by atoms with van der Waals surface area (Å²) in [6.07, 6.45) is 18.3. The molecule has 0 aliphatic carbocycles. The summed E-state index contributed by atoms with van der Waals surface area (Å²) in [7, 11) is 0. The van der Waals surface area contributed by atoms with E-state index in [4.69, 9.17) is 5.11 Å². The van der Waals surface area contributed by atoms with Crippen LogP contribution < -0.4 is 0 Å². The van der Waals surface area contributed by atoms with Gasteiger partial charge in [-0.25, -0.2) is 0 Å². The highest BCUT2D eigenvalue weighted by molar-refractivity contribution is 4.84. The maximum Gasteiger partial charge on any atom is 0.0777 e. The van der Waals surface area contributed by atoms with Crippen molar-refractivity contribution in [2.45, 2.75) is 77.2 Å². The van der Waals surface area contributed by atoms with Crippen LogP contribution in [0.4, 0.5) is 0 Å². The van der Waals surface area contributed by atoms with Crippen LogP contribution in [0.3, 0.4) is 0 Å². The van der Waals surface area contributed by atoms with E-state index in [0.29, 0.717) is 0 Å². The Hall–Kier alpha value is -0.760. The molecule has 0 heterocycles. The molecule has 0 aromatic heterocycles. The van der Waals surface area contributed by atoms with E-state index < -0.39 is 6.10 Å². The second-order valence-electron chi connectivity index (χ2n) is 4.87. The number of aliphatic hydroxyl groups is 2. The molecule has 0 radical (unpaired) electrons. The van der Waals surface area contributed by atoms with Crippen molar-refractivity contribution in [1.29, 1.82) is 0 Å². The van der Waals surface area contributed by atoms with Gasteiger partial charge in [0.25, 0.3) is 0 Å². The van der Waals surface area contributed by atoms with Gasteiger partial charge in [-0.2, -0.15) is 0 Å². The molecular formula is C16H30O2. The zero-order valence-electron chi connectivity index (χ0n) is 11.9. The lowest BCUT2D eigenvalue weighted by atomic mass is 10.1. The smallest absolute Gasteiger partial charge is 0.0777 e. The molecule has 2 heteroatoms. The van der Waals surface area contributed by atoms with Crippen molar-refractivity contribution >= 4 is 0 Å². The van der Waals surface area contributed by atoms with E-state index >= 15 is 0 Å². The van der Waals surface area contributed by atoms with Crippen LogP contribution in [0.5, 0.6) is 0 Å². The minimum absolute atomic E-state index is 0.498. The van der Waals surface area contributed by atoms with Crippen molar-refractivity contribution in [3.05, 3.63) is 24.5 Å². The molecule has 1 unspecified atom stereocenters. The molecule has 0 aliphatic rings. The van der Waals surface area contributed by atoms with Crippen molar-refractivity contribution in [3.63, 3.8) is 0 Å². The summed E-state index contributed by atoms with van der Waals surface area (Å²) < 4.78 is 0. The highest BCUT2D eigenvalue weighted by Crippen LogP contribution is 2.08. The normalized spacial score (nSPS) is 13.7. The van der Waals surface area contributed by atoms with E-state index in [1.807, 2.05) is 0 Å². The maximum atomic E-state index is 9.32. The summed E-state index contributed by atoms with van der Waals surface area (Å²) >= 11 is 0. The Labute approximate surface area is 112 Å². The van der Waals surface area contributed by atoms with E-state index in [0.717, 1.165) is 25.5 Å². The van der Waals surface area contributed by atoms with Crippen LogP contribution >= 0.6 is 0 Å². The predicted octanol–water partition coefficient (Wildman–Crippen LogP) is 4.90. The summed E-state index contributed by atoms with van der Waals surface area (Å²) in [6.45, 7) is 2.25. The molecule has 106 valence electrons. The molecule has 0 saturated carbocycles. The third kappa shape index (κ3) is 13.3. The van der Waals surface area contributed by atoms with E-state index in [1.54, 1.807) is 0 Å². The lowest BCUT2D eigenvalue weighted by molar-refractivity contribution is 0.207. The first-order chi connectivity index (χ1) is 8.81. The molecule has 0 aliphatic heterocycles. The zero-order valence-corrected chi connectivity index (χ0v) is 11.9. The molecule has 1 atom stereocenters. The average molecular weight is 254 g/mol. The monoisotopic (exact) mass is 254 g/mol. The summed E-state index contributed by atoms with van der Waals surface area (Å²) in [4.78, 5) is 0. The minimum atomic E-state index is -0.498. The molecule has 2 nitrogen and oxygen atoms in total. The molecule has 18 heavy (non-hydrogen) atoms. The van der Waals surface area contributed by atoms with Crippen LogP contribution in [0.1, 0.15) is 71.1 Å². The van der Waals surface area contributed by atoms with Gasteiger partial charge in [0.2, 0.25) is 0 Å². The van der Waals surface area contributed by atoms with Gasteiger partial charge in [0.1, 0.15) is 0 Å². The van der Waals surface area contributed by atoms with Crippen molar-refractivity contribution in [2.24, 2.45) is 0 Å². The van der Waals surface area contributed by atoms with Crippen LogP contribution in [0.2, 0.25) is 0 Å². The molecule has 0 spiro atoms. The van der Waals surface area contributed by atoms with Crippen LogP contribution in [-0.2, 0) is 0 Å². The third-order valence-corrected chi connectivity index (χ3v) is 3.07. The van der Waals surface area contributed by atoms with E-state index in [9.17, 15) is 5.11 Å². The largest absolute Gasteiger partial charge is 0.516 e. The van der Waals surface area contributed by atoms with Gasteiger partial charge < -0.3 is 10.2 Å². The van der Waals surface area contributed by atoms with E-state index in [1.165, 1.54) is 51.0 Å². The molecule has 0 bridgehead atoms. The van der Waals surface area contributed by atoms with Gasteiger partial charge in [-0.3, -0.25) is 0 Å². The summed E-state index contributed by atoms with van der Waals surface area (Å²) in [5.74, 6) is 0. The van der Waals surface area contributed by atoms with Crippen molar-refractivity contribution in [3.8, 4) is 0 Å². The number of unbranched alkanes of at least 4 members (excludes halogenated alkanes) is 7. The second kappa shape index (κ2) is 14.3. The fourth-order valence-corrected chi connectivity index (χ4v) is 1.92. The predicted molar refractivity (Wildman–Crippen MR) is 78.8 cm³/mol. The quantitative estimate of drug-likeness (QED) is 0.295. The van der Waals surface area contributed by atoms with Crippen molar-refractivity contribution in [2.75, 3.05) is 0 Å². The topological polar surface area (TPSA) is 40.5 Å². The molecule has 0 saturated heterocycles. The van der Waals surface area contributed by atoms with Gasteiger partial charge in [-0.1, -0.05) is 51.2 Å². The van der Waals surface area contributed by atoms with Crippen LogP contribution in [-0.4, -0.2) is 16.3 Å². The Morgan fingerprint density at radius 3 is 2.17 bits per heavy atom. The van der Waals surface area contributed by atoms with Gasteiger partial charge in [-0.05, 0) is 38.2 Å². The summed E-state index contributed by atoms with van der Waals surface area (Å²) in [5, 5.41) is 17.8. The molecular weight excluding hydrogens is 224 g/mol. The first-order valence-corrected chi connectivity index (χ1v) is 7.45. The number of allylic oxidation sites excluding steroid dienone is 2. The number of hydrogen-bond donors (Lipinski definition) is 2. The molecule has 0 fully saturated rings. The van der Waals surface area contributed by atoms with Crippen LogP contribution in [0, 0.1) is 0 Å². The van der Waals surface area contributed by atoms with Crippen LogP contribution in [0.25, 0.3) is 0 Å². The Morgan fingerprint density at radius 2 is 1.50 bits per heavy atom. The number of hydrogen-bond acceptors (Lipinski definition) is 2. The minimum Gasteiger partial charge on any atom is -0.516 e. The molecule has 0 rings (SSSR count). The fourth-order valence-electron chi connectivity index (χ4n) is 1.92. The van der Waals surface area contributed by atoms with Gasteiger partial charge >= 0.3 is 0 Å². The first-order valence-electron chi connectivity index (χ1n) is 7.45. The fraction of sp³-hybridized carbons (Fsp3) is 0.750. The van der Waals surface area contributed by atoms with Gasteiger partial charge in [-0.15, -0.1) is 0 Å². The van der Waals surface area contributed by atoms with E-state index in [-0.39, 0.29) is 0 Å². The van der Waals surface area contributed by atoms with Gasteiger partial charge in [0, 0.05) is 0 Å². The average Bonchev–Trinajstić information content (AvgIpc) is 2.36. The lowest BCUT2D eigenvalue weighted by Gasteiger charge is -2.02. The Bertz CT molecular complexity index is 209. The van der Waals surface area contributed by atoms with Crippen molar-refractivity contribution in [1.82, 2.24) is 0 Å². The third-order valence-electron chi connectivity index (χ3n) is 3.07. The molecule has 0 aromatic rings. The van der Waals surface area contributed by atoms with E-state index in [2.05, 4.69) is 19.1 Å². The summed E-state index contributed by atoms with van der Waals surface area (Å²) in [5.41, 5.74) is 0. The van der Waals surface area contributed by atoms with Crippen LogP contribution in [0.15, 0.2) is 24.5 Å². The first kappa shape index (κ1) is 17.2. The Kier molecular flexibility index (Phi) is 13.7. The SMILES string of the molecule is CCCCCCCCC=CCCCC(O)C=CO. The standard InChI is InChI=1S/C16H30O2/c1-2-3-4-5-6-7-8-9-10-11-12-13-16(18)14-15-17/h9-10,14-18H,2-8,11-13H2,1H3. The molecule has 0 aromatic carbocycles. The Morgan fingerprint density at radius 1 is 0.889 bits per heavy atom. The van der Waals surface area contributed by atoms with Gasteiger partial charge in [0.05, 0.1) is 12.4 Å². The number of aliphatic hydroxyl groups excluding tert-OH is 2.